The van der Waals surface area contributed by atoms with Crippen LogP contribution in [0.15, 0.2) is 41.7 Å². The van der Waals surface area contributed by atoms with Crippen LogP contribution in [0, 0.1) is 16.7 Å². The van der Waals surface area contributed by atoms with E-state index in [0.29, 0.717) is 5.56 Å². The van der Waals surface area contributed by atoms with Gasteiger partial charge in [0.1, 0.15) is 23.2 Å². The van der Waals surface area contributed by atoms with Gasteiger partial charge in [0.05, 0.1) is 6.54 Å². The summed E-state index contributed by atoms with van der Waals surface area (Å²) in [5, 5.41) is 25.8. The van der Waals surface area contributed by atoms with Gasteiger partial charge in [-0.05, 0) is 12.1 Å². The maximum atomic E-state index is 12.0. The molecule has 2 N–H and O–H groups in total. The molecule has 0 unspecified atom stereocenters. The van der Waals surface area contributed by atoms with Crippen molar-refractivity contribution in [1.29, 1.82) is 10.7 Å². The fourth-order valence-electron chi connectivity index (χ4n) is 1.61. The minimum atomic E-state index is -0.396. The van der Waals surface area contributed by atoms with Crippen molar-refractivity contribution in [3.8, 4) is 6.07 Å². The standard InChI is InChI=1S/C12H9N3O2/c13-6-9-10(16)7-15(11(9)14)12(17)8-4-2-1-3-5-8/h1-5,14,16H,7H2. The van der Waals surface area contributed by atoms with Crippen LogP contribution in [0.4, 0.5) is 0 Å². The molecule has 1 aliphatic heterocycles. The molecule has 1 aliphatic rings. The molecule has 1 amide bonds. The molecule has 5 nitrogen and oxygen atoms in total. The lowest BCUT2D eigenvalue weighted by Crippen LogP contribution is -2.33. The van der Waals surface area contributed by atoms with Gasteiger partial charge in [-0.1, -0.05) is 18.2 Å². The maximum absolute atomic E-state index is 12.0. The van der Waals surface area contributed by atoms with Crippen LogP contribution in [0.5, 0.6) is 0 Å². The van der Waals surface area contributed by atoms with E-state index in [4.69, 9.17) is 10.7 Å². The van der Waals surface area contributed by atoms with Crippen molar-refractivity contribution >= 4 is 11.7 Å². The van der Waals surface area contributed by atoms with Crippen LogP contribution in [0.1, 0.15) is 10.4 Å². The van der Waals surface area contributed by atoms with E-state index >= 15 is 0 Å². The summed E-state index contributed by atoms with van der Waals surface area (Å²) in [5.74, 6) is -0.881. The molecule has 1 aromatic rings. The highest BCUT2D eigenvalue weighted by atomic mass is 16.3. The Balaban J connectivity index is 2.27. The van der Waals surface area contributed by atoms with Gasteiger partial charge in [0, 0.05) is 5.56 Å². The fourth-order valence-corrected chi connectivity index (χ4v) is 1.61. The topological polar surface area (TPSA) is 88.2 Å². The van der Waals surface area contributed by atoms with E-state index in [-0.39, 0.29) is 23.7 Å². The van der Waals surface area contributed by atoms with Crippen LogP contribution in [0.25, 0.3) is 0 Å². The van der Waals surface area contributed by atoms with Gasteiger partial charge < -0.3 is 5.11 Å². The number of rotatable bonds is 1. The molecule has 84 valence electrons. The number of hydrogen-bond donors (Lipinski definition) is 2. The Hall–Kier alpha value is -2.61. The lowest BCUT2D eigenvalue weighted by molar-refractivity contribution is 0.0851. The molecule has 1 aromatic carbocycles. The zero-order chi connectivity index (χ0) is 12.4. The van der Waals surface area contributed by atoms with E-state index in [0.717, 1.165) is 4.90 Å². The third kappa shape index (κ3) is 1.76. The number of amidine groups is 1. The smallest absolute Gasteiger partial charge is 0.259 e. The van der Waals surface area contributed by atoms with Gasteiger partial charge in [-0.15, -0.1) is 0 Å². The predicted molar refractivity (Wildman–Crippen MR) is 60.5 cm³/mol. The molecule has 0 radical (unpaired) electrons. The van der Waals surface area contributed by atoms with Crippen LogP contribution in [0.2, 0.25) is 0 Å². The third-order valence-electron chi connectivity index (χ3n) is 2.48. The molecule has 0 fully saturated rings. The van der Waals surface area contributed by atoms with Crippen molar-refractivity contribution in [2.24, 2.45) is 0 Å². The second kappa shape index (κ2) is 4.10. The van der Waals surface area contributed by atoms with E-state index in [1.807, 2.05) is 0 Å². The molecule has 1 heterocycles. The van der Waals surface area contributed by atoms with Crippen molar-refractivity contribution in [3.05, 3.63) is 47.2 Å². The first-order chi connectivity index (χ1) is 8.15. The Kier molecular flexibility index (Phi) is 2.63. The minimum absolute atomic E-state index is 0.116. The predicted octanol–water partition coefficient (Wildman–Crippen LogP) is 1.46. The van der Waals surface area contributed by atoms with Crippen LogP contribution in [-0.4, -0.2) is 28.3 Å². The monoisotopic (exact) mass is 227 g/mol. The molecule has 5 heteroatoms. The van der Waals surface area contributed by atoms with E-state index < -0.39 is 5.91 Å². The Labute approximate surface area is 97.7 Å². The van der Waals surface area contributed by atoms with E-state index in [9.17, 15) is 9.90 Å². The van der Waals surface area contributed by atoms with Gasteiger partial charge in [-0.3, -0.25) is 15.1 Å². The van der Waals surface area contributed by atoms with Crippen molar-refractivity contribution in [3.63, 3.8) is 0 Å². The maximum Gasteiger partial charge on any atom is 0.259 e. The normalized spacial score (nSPS) is 15.0. The van der Waals surface area contributed by atoms with Gasteiger partial charge in [0.25, 0.3) is 5.91 Å². The quantitative estimate of drug-likeness (QED) is 0.761. The summed E-state index contributed by atoms with van der Waals surface area (Å²) >= 11 is 0. The molecular weight excluding hydrogens is 218 g/mol. The number of aliphatic hydroxyl groups is 1. The Morgan fingerprint density at radius 1 is 1.41 bits per heavy atom. The van der Waals surface area contributed by atoms with Crippen LogP contribution in [-0.2, 0) is 0 Å². The molecule has 17 heavy (non-hydrogen) atoms. The second-order valence-electron chi connectivity index (χ2n) is 3.54. The minimum Gasteiger partial charge on any atom is -0.509 e. The number of amides is 1. The van der Waals surface area contributed by atoms with Crippen molar-refractivity contribution in [2.45, 2.75) is 0 Å². The van der Waals surface area contributed by atoms with Gasteiger partial charge in [-0.25, -0.2) is 0 Å². The summed E-state index contributed by atoms with van der Waals surface area (Å²) in [7, 11) is 0. The molecular formula is C12H9N3O2. The number of nitrogens with zero attached hydrogens (tertiary/aromatic N) is 2. The number of nitrogens with one attached hydrogen (secondary N) is 1. The first-order valence-electron chi connectivity index (χ1n) is 4.93. The summed E-state index contributed by atoms with van der Waals surface area (Å²) in [5.41, 5.74) is 0.276. The van der Waals surface area contributed by atoms with Gasteiger partial charge in [0.2, 0.25) is 0 Å². The average molecular weight is 227 g/mol. The Morgan fingerprint density at radius 3 is 2.59 bits per heavy atom. The zero-order valence-electron chi connectivity index (χ0n) is 8.84. The second-order valence-corrected chi connectivity index (χ2v) is 3.54. The lowest BCUT2D eigenvalue weighted by atomic mass is 10.2. The largest absolute Gasteiger partial charge is 0.509 e. The molecule has 0 aromatic heterocycles. The highest BCUT2D eigenvalue weighted by Crippen LogP contribution is 2.19. The highest BCUT2D eigenvalue weighted by Gasteiger charge is 2.32. The number of carbonyl (C=O) groups excluding carboxylic acids is 1. The SMILES string of the molecule is N#CC1=C(O)CN(C(=O)c2ccccc2)C1=N. The molecule has 2 rings (SSSR count). The molecule has 0 saturated carbocycles. The van der Waals surface area contributed by atoms with Crippen molar-refractivity contribution in [2.75, 3.05) is 6.54 Å². The van der Waals surface area contributed by atoms with Crippen LogP contribution in [0.3, 0.4) is 0 Å². The van der Waals surface area contributed by atoms with Gasteiger partial charge in [-0.2, -0.15) is 5.26 Å². The highest BCUT2D eigenvalue weighted by molar-refractivity contribution is 6.14. The number of nitriles is 1. The van der Waals surface area contributed by atoms with E-state index in [1.54, 1.807) is 36.4 Å². The molecule has 0 spiro atoms. The fraction of sp³-hybridized carbons (Fsp3) is 0.0833. The number of aliphatic hydroxyl groups excluding tert-OH is 1. The third-order valence-corrected chi connectivity index (χ3v) is 2.48. The summed E-state index contributed by atoms with van der Waals surface area (Å²) < 4.78 is 0. The first-order valence-corrected chi connectivity index (χ1v) is 4.93. The van der Waals surface area contributed by atoms with Gasteiger partial charge in [0.15, 0.2) is 0 Å². The summed E-state index contributed by atoms with van der Waals surface area (Å²) in [4.78, 5) is 13.1. The average Bonchev–Trinajstić information content (AvgIpc) is 2.64. The van der Waals surface area contributed by atoms with Gasteiger partial charge >= 0.3 is 0 Å². The number of benzene rings is 1. The lowest BCUT2D eigenvalue weighted by Gasteiger charge is -2.15. The molecule has 0 atom stereocenters. The number of hydrogen-bond acceptors (Lipinski definition) is 4. The number of carbonyl (C=O) groups is 1. The Bertz CT molecular complexity index is 555. The van der Waals surface area contributed by atoms with Crippen molar-refractivity contribution in [1.82, 2.24) is 4.90 Å². The van der Waals surface area contributed by atoms with Crippen LogP contribution < -0.4 is 0 Å². The van der Waals surface area contributed by atoms with Crippen LogP contribution >= 0.6 is 0 Å². The summed E-state index contributed by atoms with van der Waals surface area (Å²) in [6.45, 7) is -0.116. The Morgan fingerprint density at radius 2 is 2.06 bits per heavy atom. The first kappa shape index (κ1) is 10.9. The molecule has 0 saturated heterocycles. The summed E-state index contributed by atoms with van der Waals surface area (Å²) in [6, 6.07) is 10.2. The molecule has 0 bridgehead atoms. The molecule has 0 aliphatic carbocycles. The summed E-state index contributed by atoms with van der Waals surface area (Å²) in [6.07, 6.45) is 0. The van der Waals surface area contributed by atoms with Crippen molar-refractivity contribution < 1.29 is 9.90 Å². The zero-order valence-corrected chi connectivity index (χ0v) is 8.84. The van der Waals surface area contributed by atoms with E-state index in [1.165, 1.54) is 0 Å². The van der Waals surface area contributed by atoms with E-state index in [2.05, 4.69) is 0 Å².